The van der Waals surface area contributed by atoms with Gasteiger partial charge in [-0.3, -0.25) is 4.79 Å². The van der Waals surface area contributed by atoms with Crippen molar-refractivity contribution in [3.05, 3.63) is 35.6 Å². The fourth-order valence-corrected chi connectivity index (χ4v) is 1.71. The molecule has 1 aromatic rings. The van der Waals surface area contributed by atoms with Crippen molar-refractivity contribution < 1.29 is 9.18 Å². The average Bonchev–Trinajstić information content (AvgIpc) is 2.31. The summed E-state index contributed by atoms with van der Waals surface area (Å²) in [6.07, 6.45) is 0.653. The zero-order valence-electron chi connectivity index (χ0n) is 10.3. The number of amides is 1. The molecule has 1 amide bonds. The zero-order chi connectivity index (χ0) is 12.8. The lowest BCUT2D eigenvalue weighted by Gasteiger charge is -2.21. The van der Waals surface area contributed by atoms with E-state index >= 15 is 0 Å². The summed E-state index contributed by atoms with van der Waals surface area (Å²) in [6, 6.07) is 6.49. The van der Waals surface area contributed by atoms with Crippen molar-refractivity contribution >= 4 is 5.91 Å². The highest BCUT2D eigenvalue weighted by atomic mass is 19.1. The Morgan fingerprint density at radius 3 is 2.71 bits per heavy atom. The van der Waals surface area contributed by atoms with Crippen molar-refractivity contribution in [2.45, 2.75) is 19.9 Å². The number of benzene rings is 1. The summed E-state index contributed by atoms with van der Waals surface area (Å²) in [5.74, 6) is -0.394. The van der Waals surface area contributed by atoms with E-state index in [1.807, 2.05) is 6.92 Å². The fourth-order valence-electron chi connectivity index (χ4n) is 1.71. The number of hydrogen-bond donors (Lipinski definition) is 1. The fraction of sp³-hybridized carbons (Fsp3) is 0.462. The molecule has 0 fully saturated rings. The lowest BCUT2D eigenvalue weighted by atomic mass is 10.1. The van der Waals surface area contributed by atoms with Crippen LogP contribution in [0.4, 0.5) is 4.39 Å². The summed E-state index contributed by atoms with van der Waals surface area (Å²) in [7, 11) is 1.68. The van der Waals surface area contributed by atoms with Gasteiger partial charge in [0, 0.05) is 25.1 Å². The molecule has 0 heterocycles. The summed E-state index contributed by atoms with van der Waals surface area (Å²) in [5, 5.41) is 0. The van der Waals surface area contributed by atoms with Crippen LogP contribution in [-0.4, -0.2) is 24.4 Å². The van der Waals surface area contributed by atoms with Gasteiger partial charge in [-0.05, 0) is 19.0 Å². The highest BCUT2D eigenvalue weighted by molar-refractivity contribution is 5.78. The molecule has 1 atom stereocenters. The van der Waals surface area contributed by atoms with Gasteiger partial charge in [-0.15, -0.1) is 0 Å². The first-order chi connectivity index (χ1) is 8.06. The van der Waals surface area contributed by atoms with E-state index in [9.17, 15) is 9.18 Å². The Morgan fingerprint density at radius 1 is 1.47 bits per heavy atom. The van der Waals surface area contributed by atoms with Gasteiger partial charge in [0.15, 0.2) is 0 Å². The molecular weight excluding hydrogens is 219 g/mol. The second-order valence-electron chi connectivity index (χ2n) is 4.26. The summed E-state index contributed by atoms with van der Waals surface area (Å²) in [5.41, 5.74) is 5.94. The third-order valence-electron chi connectivity index (χ3n) is 2.76. The quantitative estimate of drug-likeness (QED) is 0.849. The molecule has 1 unspecified atom stereocenters. The van der Waals surface area contributed by atoms with E-state index in [1.165, 1.54) is 6.07 Å². The number of hydrogen-bond acceptors (Lipinski definition) is 2. The van der Waals surface area contributed by atoms with E-state index in [-0.39, 0.29) is 17.6 Å². The SMILES string of the molecule is CC(CCN)C(=O)N(C)Cc1ccccc1F. The van der Waals surface area contributed by atoms with Crippen molar-refractivity contribution in [1.29, 1.82) is 0 Å². The minimum atomic E-state index is -0.279. The van der Waals surface area contributed by atoms with Gasteiger partial charge in [0.2, 0.25) is 5.91 Å². The number of carbonyl (C=O) groups is 1. The Labute approximate surface area is 101 Å². The normalized spacial score (nSPS) is 12.2. The van der Waals surface area contributed by atoms with E-state index < -0.39 is 0 Å². The van der Waals surface area contributed by atoms with Gasteiger partial charge in [0.1, 0.15) is 5.82 Å². The van der Waals surface area contributed by atoms with E-state index in [0.29, 0.717) is 25.1 Å². The molecule has 0 aliphatic rings. The molecule has 0 aliphatic heterocycles. The van der Waals surface area contributed by atoms with E-state index in [4.69, 9.17) is 5.73 Å². The maximum atomic E-state index is 13.4. The molecule has 0 bridgehead atoms. The summed E-state index contributed by atoms with van der Waals surface area (Å²) in [6.45, 7) is 2.62. The van der Waals surface area contributed by atoms with Crippen LogP contribution in [0.3, 0.4) is 0 Å². The Morgan fingerprint density at radius 2 is 2.12 bits per heavy atom. The molecule has 0 aromatic heterocycles. The average molecular weight is 238 g/mol. The molecule has 1 aromatic carbocycles. The molecule has 4 heteroatoms. The van der Waals surface area contributed by atoms with Crippen LogP contribution in [0.5, 0.6) is 0 Å². The van der Waals surface area contributed by atoms with Gasteiger partial charge >= 0.3 is 0 Å². The van der Waals surface area contributed by atoms with Crippen molar-refractivity contribution in [2.75, 3.05) is 13.6 Å². The summed E-state index contributed by atoms with van der Waals surface area (Å²) in [4.78, 5) is 13.4. The largest absolute Gasteiger partial charge is 0.341 e. The van der Waals surface area contributed by atoms with E-state index in [0.717, 1.165) is 0 Å². The van der Waals surface area contributed by atoms with Gasteiger partial charge in [-0.1, -0.05) is 25.1 Å². The molecule has 2 N–H and O–H groups in total. The Bertz CT molecular complexity index is 381. The van der Waals surface area contributed by atoms with Crippen molar-refractivity contribution in [1.82, 2.24) is 4.90 Å². The van der Waals surface area contributed by atoms with E-state index in [1.54, 1.807) is 30.1 Å². The lowest BCUT2D eigenvalue weighted by molar-refractivity contribution is -0.134. The predicted octanol–water partition coefficient (Wildman–Crippen LogP) is 1.77. The van der Waals surface area contributed by atoms with Crippen LogP contribution in [0, 0.1) is 11.7 Å². The standard InChI is InChI=1S/C13H19FN2O/c1-10(7-8-15)13(17)16(2)9-11-5-3-4-6-12(11)14/h3-6,10H,7-9,15H2,1-2H3. The Balaban J connectivity index is 2.63. The van der Waals surface area contributed by atoms with Crippen molar-refractivity contribution in [3.8, 4) is 0 Å². The summed E-state index contributed by atoms with van der Waals surface area (Å²) < 4.78 is 13.4. The highest BCUT2D eigenvalue weighted by Gasteiger charge is 2.17. The second-order valence-corrected chi connectivity index (χ2v) is 4.26. The van der Waals surface area contributed by atoms with Crippen LogP contribution in [0.15, 0.2) is 24.3 Å². The zero-order valence-corrected chi connectivity index (χ0v) is 10.3. The molecule has 0 aliphatic carbocycles. The minimum Gasteiger partial charge on any atom is -0.341 e. The second kappa shape index (κ2) is 6.35. The van der Waals surface area contributed by atoms with Gasteiger partial charge in [-0.2, -0.15) is 0 Å². The number of rotatable bonds is 5. The summed E-state index contributed by atoms with van der Waals surface area (Å²) >= 11 is 0. The monoisotopic (exact) mass is 238 g/mol. The smallest absolute Gasteiger partial charge is 0.225 e. The van der Waals surface area contributed by atoms with Crippen molar-refractivity contribution in [2.24, 2.45) is 11.7 Å². The molecule has 0 spiro atoms. The maximum absolute atomic E-state index is 13.4. The first-order valence-electron chi connectivity index (χ1n) is 5.74. The van der Waals surface area contributed by atoms with Gasteiger partial charge in [0.05, 0.1) is 0 Å². The van der Waals surface area contributed by atoms with Gasteiger partial charge < -0.3 is 10.6 Å². The maximum Gasteiger partial charge on any atom is 0.225 e. The van der Waals surface area contributed by atoms with Gasteiger partial charge in [0.25, 0.3) is 0 Å². The molecular formula is C13H19FN2O. The van der Waals surface area contributed by atoms with Crippen LogP contribution < -0.4 is 5.73 Å². The van der Waals surface area contributed by atoms with Crippen LogP contribution in [0.25, 0.3) is 0 Å². The third kappa shape index (κ3) is 3.82. The van der Waals surface area contributed by atoms with Crippen LogP contribution in [-0.2, 0) is 11.3 Å². The van der Waals surface area contributed by atoms with Gasteiger partial charge in [-0.25, -0.2) is 4.39 Å². The number of nitrogens with zero attached hydrogens (tertiary/aromatic N) is 1. The van der Waals surface area contributed by atoms with Crippen LogP contribution in [0.1, 0.15) is 18.9 Å². The number of nitrogens with two attached hydrogens (primary N) is 1. The minimum absolute atomic E-state index is 0.00120. The Kier molecular flexibility index (Phi) is 5.10. The highest BCUT2D eigenvalue weighted by Crippen LogP contribution is 2.12. The predicted molar refractivity (Wildman–Crippen MR) is 65.7 cm³/mol. The first-order valence-corrected chi connectivity index (χ1v) is 5.74. The molecule has 17 heavy (non-hydrogen) atoms. The molecule has 0 saturated carbocycles. The molecule has 94 valence electrons. The molecule has 1 rings (SSSR count). The molecule has 3 nitrogen and oxygen atoms in total. The lowest BCUT2D eigenvalue weighted by Crippen LogP contribution is -2.32. The topological polar surface area (TPSA) is 46.3 Å². The molecule has 0 radical (unpaired) electrons. The Hall–Kier alpha value is -1.42. The first kappa shape index (κ1) is 13.6. The van der Waals surface area contributed by atoms with Crippen LogP contribution in [0.2, 0.25) is 0 Å². The van der Waals surface area contributed by atoms with Crippen molar-refractivity contribution in [3.63, 3.8) is 0 Å². The molecule has 0 saturated heterocycles. The third-order valence-corrected chi connectivity index (χ3v) is 2.76. The van der Waals surface area contributed by atoms with E-state index in [2.05, 4.69) is 0 Å². The van der Waals surface area contributed by atoms with Crippen LogP contribution >= 0.6 is 0 Å². The number of halogens is 1. The number of carbonyl (C=O) groups excluding carboxylic acids is 1.